The molecule has 1 aliphatic rings. The van der Waals surface area contributed by atoms with E-state index in [1.807, 2.05) is 40.7 Å². The Morgan fingerprint density at radius 3 is 2.38 bits per heavy atom. The van der Waals surface area contributed by atoms with Gasteiger partial charge in [-0.2, -0.15) is 0 Å². The van der Waals surface area contributed by atoms with Crippen molar-refractivity contribution in [1.29, 1.82) is 0 Å². The normalized spacial score (nSPS) is 11.7. The van der Waals surface area contributed by atoms with E-state index in [0.29, 0.717) is 12.4 Å². The monoisotopic (exact) mass is 223 g/mol. The number of aromatic nitrogens is 1. The molecular weight excluding hydrogens is 202 g/mol. The van der Waals surface area contributed by atoms with Gasteiger partial charge in [0.2, 0.25) is 0 Å². The Labute approximate surface area is 97.5 Å². The summed E-state index contributed by atoms with van der Waals surface area (Å²) in [5.41, 5.74) is 2.39. The van der Waals surface area contributed by atoms with Crippen LogP contribution >= 0.6 is 0 Å². The van der Waals surface area contributed by atoms with Gasteiger partial charge in [0.1, 0.15) is 0 Å². The summed E-state index contributed by atoms with van der Waals surface area (Å²) < 4.78 is 0. The molecule has 1 amide bonds. The van der Waals surface area contributed by atoms with Crippen molar-refractivity contribution in [2.24, 2.45) is 0 Å². The second kappa shape index (κ2) is 7.68. The lowest BCUT2D eigenvalue weighted by molar-refractivity contribution is 0.0947. The van der Waals surface area contributed by atoms with Crippen molar-refractivity contribution in [3.63, 3.8) is 0 Å². The van der Waals surface area contributed by atoms with E-state index in [2.05, 4.69) is 15.6 Å². The summed E-state index contributed by atoms with van der Waals surface area (Å²) in [6.07, 6.45) is 1.64. The molecule has 0 unspecified atom stereocenters. The zero-order valence-corrected chi connectivity index (χ0v) is 10.7. The SMILES string of the molecule is CC.CC.Cc1ccnc2c1NCNC2=O. The zero-order valence-electron chi connectivity index (χ0n) is 10.7. The molecule has 90 valence electrons. The van der Waals surface area contributed by atoms with Crippen LogP contribution in [0.5, 0.6) is 0 Å². The number of rotatable bonds is 0. The minimum absolute atomic E-state index is 0.104. The summed E-state index contributed by atoms with van der Waals surface area (Å²) in [6, 6.07) is 1.88. The van der Waals surface area contributed by atoms with Gasteiger partial charge in [0, 0.05) is 6.20 Å². The molecule has 2 rings (SSSR count). The average molecular weight is 223 g/mol. The second-order valence-corrected chi connectivity index (χ2v) is 2.71. The van der Waals surface area contributed by atoms with Gasteiger partial charge in [0.15, 0.2) is 5.69 Å². The number of carbonyl (C=O) groups excluding carboxylic acids is 1. The van der Waals surface area contributed by atoms with Crippen LogP contribution in [0.1, 0.15) is 43.7 Å². The predicted molar refractivity (Wildman–Crippen MR) is 67.6 cm³/mol. The number of hydrogen-bond donors (Lipinski definition) is 2. The molecule has 0 radical (unpaired) electrons. The highest BCUT2D eigenvalue weighted by Crippen LogP contribution is 2.19. The van der Waals surface area contributed by atoms with Crippen molar-refractivity contribution >= 4 is 11.6 Å². The minimum atomic E-state index is -0.104. The van der Waals surface area contributed by atoms with E-state index in [1.165, 1.54) is 0 Å². The Kier molecular flexibility index (Phi) is 6.92. The van der Waals surface area contributed by atoms with Gasteiger partial charge < -0.3 is 10.6 Å². The van der Waals surface area contributed by atoms with E-state index < -0.39 is 0 Å². The standard InChI is InChI=1S/C8H9N3O.2C2H6/c1-5-2-3-9-7-6(5)10-4-11-8(7)12;2*1-2/h2-3,10H,4H2,1H3,(H,11,12);2*1-2H3. The molecule has 2 N–H and O–H groups in total. The third kappa shape index (κ3) is 3.22. The molecule has 0 fully saturated rings. The fraction of sp³-hybridized carbons (Fsp3) is 0.500. The number of aryl methyl sites for hydroxylation is 1. The molecular formula is C12H21N3O. The van der Waals surface area contributed by atoms with Crippen molar-refractivity contribution in [3.05, 3.63) is 23.5 Å². The largest absolute Gasteiger partial charge is 0.366 e. The Hall–Kier alpha value is -1.58. The molecule has 0 spiro atoms. The third-order valence-electron chi connectivity index (χ3n) is 1.89. The molecule has 0 aromatic carbocycles. The second-order valence-electron chi connectivity index (χ2n) is 2.71. The van der Waals surface area contributed by atoms with Crippen molar-refractivity contribution < 1.29 is 4.79 Å². The van der Waals surface area contributed by atoms with Crippen LogP contribution in [0.2, 0.25) is 0 Å². The van der Waals surface area contributed by atoms with Crippen LogP contribution in [0.15, 0.2) is 12.3 Å². The number of nitrogens with one attached hydrogen (secondary N) is 2. The maximum Gasteiger partial charge on any atom is 0.273 e. The molecule has 4 heteroatoms. The first kappa shape index (κ1) is 14.4. The molecule has 0 saturated carbocycles. The summed E-state index contributed by atoms with van der Waals surface area (Å²) in [5, 5.41) is 5.72. The van der Waals surface area contributed by atoms with Gasteiger partial charge in [-0.15, -0.1) is 0 Å². The quantitative estimate of drug-likeness (QED) is 0.710. The molecule has 1 aromatic heterocycles. The van der Waals surface area contributed by atoms with E-state index in [9.17, 15) is 4.79 Å². The van der Waals surface area contributed by atoms with Gasteiger partial charge in [-0.1, -0.05) is 27.7 Å². The van der Waals surface area contributed by atoms with Crippen LogP contribution in [-0.2, 0) is 0 Å². The Balaban J connectivity index is 0.000000509. The van der Waals surface area contributed by atoms with Crippen molar-refractivity contribution in [3.8, 4) is 0 Å². The molecule has 0 aliphatic carbocycles. The number of anilines is 1. The van der Waals surface area contributed by atoms with Gasteiger partial charge in [0.05, 0.1) is 12.4 Å². The Morgan fingerprint density at radius 1 is 1.19 bits per heavy atom. The number of carbonyl (C=O) groups is 1. The topological polar surface area (TPSA) is 54.0 Å². The highest BCUT2D eigenvalue weighted by Gasteiger charge is 2.18. The van der Waals surface area contributed by atoms with Crippen LogP contribution in [0.3, 0.4) is 0 Å². The number of amides is 1. The lowest BCUT2D eigenvalue weighted by Crippen LogP contribution is -2.35. The van der Waals surface area contributed by atoms with Gasteiger partial charge in [-0.25, -0.2) is 4.98 Å². The molecule has 4 nitrogen and oxygen atoms in total. The smallest absolute Gasteiger partial charge is 0.273 e. The summed E-state index contributed by atoms with van der Waals surface area (Å²) in [4.78, 5) is 15.2. The highest BCUT2D eigenvalue weighted by molar-refractivity contribution is 5.99. The Morgan fingerprint density at radius 2 is 1.81 bits per heavy atom. The fourth-order valence-electron chi connectivity index (χ4n) is 1.25. The summed E-state index contributed by atoms with van der Waals surface area (Å²) >= 11 is 0. The van der Waals surface area contributed by atoms with Gasteiger partial charge >= 0.3 is 0 Å². The maximum absolute atomic E-state index is 11.2. The van der Waals surface area contributed by atoms with Crippen LogP contribution in [0.25, 0.3) is 0 Å². The lowest BCUT2D eigenvalue weighted by Gasteiger charge is -2.18. The first-order valence-electron chi connectivity index (χ1n) is 5.77. The van der Waals surface area contributed by atoms with Crippen molar-refractivity contribution in [1.82, 2.24) is 10.3 Å². The highest BCUT2D eigenvalue weighted by atomic mass is 16.2. The fourth-order valence-corrected chi connectivity index (χ4v) is 1.25. The average Bonchev–Trinajstić information content (AvgIpc) is 2.36. The van der Waals surface area contributed by atoms with Crippen molar-refractivity contribution in [2.75, 3.05) is 12.0 Å². The Bertz CT molecular complexity index is 337. The van der Waals surface area contributed by atoms with Crippen LogP contribution in [-0.4, -0.2) is 17.6 Å². The maximum atomic E-state index is 11.2. The zero-order chi connectivity index (χ0) is 12.6. The molecule has 2 heterocycles. The molecule has 1 aliphatic heterocycles. The summed E-state index contributed by atoms with van der Waals surface area (Å²) in [5.74, 6) is -0.104. The molecule has 16 heavy (non-hydrogen) atoms. The minimum Gasteiger partial charge on any atom is -0.366 e. The van der Waals surface area contributed by atoms with E-state index in [4.69, 9.17) is 0 Å². The van der Waals surface area contributed by atoms with E-state index >= 15 is 0 Å². The molecule has 0 bridgehead atoms. The first-order chi connectivity index (χ1) is 7.79. The molecule has 0 saturated heterocycles. The van der Waals surface area contributed by atoms with E-state index in [-0.39, 0.29) is 5.91 Å². The summed E-state index contributed by atoms with van der Waals surface area (Å²) in [6.45, 7) is 10.4. The number of hydrogen-bond acceptors (Lipinski definition) is 3. The molecule has 1 aromatic rings. The first-order valence-corrected chi connectivity index (χ1v) is 5.77. The van der Waals surface area contributed by atoms with Crippen LogP contribution < -0.4 is 10.6 Å². The van der Waals surface area contributed by atoms with Crippen LogP contribution in [0, 0.1) is 6.92 Å². The predicted octanol–water partition coefficient (Wildman–Crippen LogP) is 2.56. The summed E-state index contributed by atoms with van der Waals surface area (Å²) in [7, 11) is 0. The third-order valence-corrected chi connectivity index (χ3v) is 1.89. The van der Waals surface area contributed by atoms with Gasteiger partial charge in [-0.05, 0) is 18.6 Å². The van der Waals surface area contributed by atoms with Crippen molar-refractivity contribution in [2.45, 2.75) is 34.6 Å². The van der Waals surface area contributed by atoms with Gasteiger partial charge in [0.25, 0.3) is 5.91 Å². The number of nitrogens with zero attached hydrogens (tertiary/aromatic N) is 1. The number of fused-ring (bicyclic) bond motifs is 1. The van der Waals surface area contributed by atoms with Gasteiger partial charge in [-0.3, -0.25) is 4.79 Å². The number of pyridine rings is 1. The lowest BCUT2D eigenvalue weighted by atomic mass is 10.1. The van der Waals surface area contributed by atoms with E-state index in [0.717, 1.165) is 11.3 Å². The van der Waals surface area contributed by atoms with Crippen LogP contribution in [0.4, 0.5) is 5.69 Å². The van der Waals surface area contributed by atoms with E-state index in [1.54, 1.807) is 6.20 Å². The molecule has 0 atom stereocenters.